The van der Waals surface area contributed by atoms with Crippen molar-refractivity contribution in [3.05, 3.63) is 22.3 Å². The van der Waals surface area contributed by atoms with Gasteiger partial charge in [0.05, 0.1) is 5.88 Å². The number of hydrogen-bond acceptors (Lipinski definition) is 2. The monoisotopic (exact) mass is 330 g/mol. The summed E-state index contributed by atoms with van der Waals surface area (Å²) >= 11 is 9.53. The van der Waals surface area contributed by atoms with Crippen LogP contribution in [0.4, 0.5) is 5.82 Å². The molecule has 1 unspecified atom stereocenters. The highest BCUT2D eigenvalue weighted by Crippen LogP contribution is 2.30. The van der Waals surface area contributed by atoms with E-state index in [1.54, 1.807) is 0 Å². The molecular formula is C14H20BrClN2. The van der Waals surface area contributed by atoms with Crippen molar-refractivity contribution in [3.63, 3.8) is 0 Å². The number of hydrogen-bond donors (Lipinski definition) is 0. The molecule has 0 aromatic carbocycles. The van der Waals surface area contributed by atoms with E-state index >= 15 is 0 Å². The van der Waals surface area contributed by atoms with Gasteiger partial charge >= 0.3 is 0 Å². The fourth-order valence-corrected chi connectivity index (χ4v) is 3.32. The van der Waals surface area contributed by atoms with E-state index in [2.05, 4.69) is 38.8 Å². The zero-order chi connectivity index (χ0) is 13.0. The van der Waals surface area contributed by atoms with Gasteiger partial charge in [0.15, 0.2) is 0 Å². The van der Waals surface area contributed by atoms with Crippen molar-refractivity contribution >= 4 is 33.3 Å². The third-order valence-corrected chi connectivity index (χ3v) is 4.30. The predicted octanol–water partition coefficient (Wildman–Crippen LogP) is 4.74. The summed E-state index contributed by atoms with van der Waals surface area (Å²) in [5.41, 5.74) is 1.13. The zero-order valence-electron chi connectivity index (χ0n) is 10.8. The van der Waals surface area contributed by atoms with Gasteiger partial charge in [0.1, 0.15) is 5.82 Å². The third-order valence-electron chi connectivity index (χ3n) is 3.57. The highest BCUT2D eigenvalue weighted by Gasteiger charge is 2.24. The summed E-state index contributed by atoms with van der Waals surface area (Å²) in [6.45, 7) is 3.37. The molecule has 2 nitrogen and oxygen atoms in total. The van der Waals surface area contributed by atoms with Gasteiger partial charge in [-0.05, 0) is 47.7 Å². The Bertz CT molecular complexity index is 395. The molecule has 0 N–H and O–H groups in total. The zero-order valence-corrected chi connectivity index (χ0v) is 13.2. The molecule has 4 heteroatoms. The Morgan fingerprint density at radius 1 is 1.50 bits per heavy atom. The second kappa shape index (κ2) is 6.76. The lowest BCUT2D eigenvalue weighted by Crippen LogP contribution is -2.40. The molecule has 2 rings (SSSR count). The second-order valence-corrected chi connectivity index (χ2v) is 6.08. The van der Waals surface area contributed by atoms with Crippen LogP contribution in [-0.4, -0.2) is 17.6 Å². The first-order valence-electron chi connectivity index (χ1n) is 6.73. The summed E-state index contributed by atoms with van der Waals surface area (Å²) in [4.78, 5) is 7.07. The topological polar surface area (TPSA) is 16.1 Å². The number of aromatic nitrogens is 1. The SMILES string of the molecule is CCCC1CCCCN1c1ncc(Br)cc1CCl. The fraction of sp³-hybridized carbons (Fsp3) is 0.643. The molecule has 1 aliphatic heterocycles. The van der Waals surface area contributed by atoms with Crippen LogP contribution in [0.5, 0.6) is 0 Å². The van der Waals surface area contributed by atoms with E-state index in [-0.39, 0.29) is 0 Å². The number of pyridine rings is 1. The van der Waals surface area contributed by atoms with Gasteiger partial charge in [-0.15, -0.1) is 11.6 Å². The normalized spacial score (nSPS) is 20.2. The van der Waals surface area contributed by atoms with Crippen molar-refractivity contribution in [3.8, 4) is 0 Å². The highest BCUT2D eigenvalue weighted by molar-refractivity contribution is 9.10. The number of nitrogens with zero attached hydrogens (tertiary/aromatic N) is 2. The van der Waals surface area contributed by atoms with Gasteiger partial charge in [-0.25, -0.2) is 4.98 Å². The smallest absolute Gasteiger partial charge is 0.133 e. The van der Waals surface area contributed by atoms with E-state index in [0.29, 0.717) is 11.9 Å². The van der Waals surface area contributed by atoms with E-state index in [1.807, 2.05) is 6.20 Å². The van der Waals surface area contributed by atoms with Crippen LogP contribution in [0.3, 0.4) is 0 Å². The maximum Gasteiger partial charge on any atom is 0.133 e. The van der Waals surface area contributed by atoms with Gasteiger partial charge in [0, 0.05) is 28.8 Å². The van der Waals surface area contributed by atoms with Crippen LogP contribution in [-0.2, 0) is 5.88 Å². The van der Waals surface area contributed by atoms with Crippen molar-refractivity contribution in [2.75, 3.05) is 11.4 Å². The molecule has 0 spiro atoms. The fourth-order valence-electron chi connectivity index (χ4n) is 2.74. The molecule has 1 fully saturated rings. The molecule has 2 heterocycles. The first-order chi connectivity index (χ1) is 8.76. The standard InChI is InChI=1S/C14H20BrClN2/c1-2-5-13-6-3-4-7-18(13)14-11(9-16)8-12(15)10-17-14/h8,10,13H,2-7,9H2,1H3. The van der Waals surface area contributed by atoms with E-state index in [9.17, 15) is 0 Å². The van der Waals surface area contributed by atoms with Gasteiger partial charge in [-0.3, -0.25) is 0 Å². The Labute approximate surface area is 123 Å². The summed E-state index contributed by atoms with van der Waals surface area (Å²) in [7, 11) is 0. The van der Waals surface area contributed by atoms with Crippen LogP contribution >= 0.6 is 27.5 Å². The lowest BCUT2D eigenvalue weighted by molar-refractivity contribution is 0.431. The average molecular weight is 332 g/mol. The Balaban J connectivity index is 2.27. The van der Waals surface area contributed by atoms with E-state index in [1.165, 1.54) is 32.1 Å². The molecule has 100 valence electrons. The predicted molar refractivity (Wildman–Crippen MR) is 81.4 cm³/mol. The lowest BCUT2D eigenvalue weighted by atomic mass is 9.98. The molecule has 1 aromatic heterocycles. The average Bonchev–Trinajstić information content (AvgIpc) is 2.40. The van der Waals surface area contributed by atoms with Gasteiger partial charge in [-0.1, -0.05) is 13.3 Å². The van der Waals surface area contributed by atoms with Crippen molar-refractivity contribution in [2.45, 2.75) is 50.9 Å². The number of halogens is 2. The largest absolute Gasteiger partial charge is 0.353 e. The second-order valence-electron chi connectivity index (χ2n) is 4.90. The van der Waals surface area contributed by atoms with Gasteiger partial charge in [0.2, 0.25) is 0 Å². The maximum absolute atomic E-state index is 6.06. The summed E-state index contributed by atoms with van der Waals surface area (Å²) in [5, 5.41) is 0. The molecular weight excluding hydrogens is 312 g/mol. The van der Waals surface area contributed by atoms with E-state index in [4.69, 9.17) is 11.6 Å². The number of anilines is 1. The van der Waals surface area contributed by atoms with E-state index < -0.39 is 0 Å². The first kappa shape index (κ1) is 14.1. The molecule has 0 saturated carbocycles. The third kappa shape index (κ3) is 3.18. The van der Waals surface area contributed by atoms with Crippen LogP contribution in [0, 0.1) is 0 Å². The molecule has 0 amide bonds. The maximum atomic E-state index is 6.06. The summed E-state index contributed by atoms with van der Waals surface area (Å²) in [5.74, 6) is 1.61. The number of rotatable bonds is 4. The minimum atomic E-state index is 0.525. The van der Waals surface area contributed by atoms with Crippen LogP contribution in [0.1, 0.15) is 44.6 Å². The molecule has 0 bridgehead atoms. The number of alkyl halides is 1. The van der Waals surface area contributed by atoms with E-state index in [0.717, 1.165) is 22.4 Å². The number of piperidine rings is 1. The minimum absolute atomic E-state index is 0.525. The molecule has 1 atom stereocenters. The Hall–Kier alpha value is -0.280. The van der Waals surface area contributed by atoms with Crippen molar-refractivity contribution in [2.24, 2.45) is 0 Å². The molecule has 1 aromatic rings. The van der Waals surface area contributed by atoms with Crippen molar-refractivity contribution in [1.82, 2.24) is 4.98 Å². The molecule has 1 aliphatic rings. The lowest BCUT2D eigenvalue weighted by Gasteiger charge is -2.37. The Morgan fingerprint density at radius 3 is 3.06 bits per heavy atom. The van der Waals surface area contributed by atoms with Gasteiger partial charge in [0.25, 0.3) is 0 Å². The summed E-state index contributed by atoms with van der Waals surface area (Å²) in [6, 6.07) is 2.73. The van der Waals surface area contributed by atoms with Crippen LogP contribution in [0.15, 0.2) is 16.7 Å². The van der Waals surface area contributed by atoms with Crippen molar-refractivity contribution < 1.29 is 0 Å². The Kier molecular flexibility index (Phi) is 5.31. The quantitative estimate of drug-likeness (QED) is 0.741. The van der Waals surface area contributed by atoms with Crippen LogP contribution in [0.25, 0.3) is 0 Å². The molecule has 18 heavy (non-hydrogen) atoms. The molecule has 1 saturated heterocycles. The Morgan fingerprint density at radius 2 is 2.33 bits per heavy atom. The van der Waals surface area contributed by atoms with Crippen LogP contribution < -0.4 is 4.90 Å². The van der Waals surface area contributed by atoms with Gasteiger partial charge < -0.3 is 4.90 Å². The minimum Gasteiger partial charge on any atom is -0.353 e. The highest BCUT2D eigenvalue weighted by atomic mass is 79.9. The van der Waals surface area contributed by atoms with Crippen molar-refractivity contribution in [1.29, 1.82) is 0 Å². The first-order valence-corrected chi connectivity index (χ1v) is 8.06. The summed E-state index contributed by atoms with van der Waals surface area (Å²) in [6.07, 6.45) is 8.25. The van der Waals surface area contributed by atoms with Crippen LogP contribution in [0.2, 0.25) is 0 Å². The molecule has 0 aliphatic carbocycles. The molecule has 0 radical (unpaired) electrons. The summed E-state index contributed by atoms with van der Waals surface area (Å²) < 4.78 is 1.01. The van der Waals surface area contributed by atoms with Gasteiger partial charge in [-0.2, -0.15) is 0 Å².